The van der Waals surface area contributed by atoms with Crippen molar-refractivity contribution in [2.24, 2.45) is 0 Å². The van der Waals surface area contributed by atoms with Crippen LogP contribution in [0.15, 0.2) is 42.5 Å². The van der Waals surface area contributed by atoms with Crippen molar-refractivity contribution in [2.75, 3.05) is 38.4 Å². The summed E-state index contributed by atoms with van der Waals surface area (Å²) in [4.78, 5) is 12.8. The van der Waals surface area contributed by atoms with Gasteiger partial charge in [0, 0.05) is 6.07 Å². The lowest BCUT2D eigenvalue weighted by atomic mass is 10.0. The molecule has 9 heteroatoms. The van der Waals surface area contributed by atoms with Gasteiger partial charge in [-0.25, -0.2) is 8.42 Å². The van der Waals surface area contributed by atoms with Gasteiger partial charge in [0.05, 0.1) is 39.3 Å². The lowest BCUT2D eigenvalue weighted by Crippen LogP contribution is -2.41. The van der Waals surface area contributed by atoms with Crippen molar-refractivity contribution in [1.29, 1.82) is 0 Å². The molecule has 1 atom stereocenters. The number of amides is 1. The predicted octanol–water partition coefficient (Wildman–Crippen LogP) is 2.75. The molecule has 2 rings (SSSR count). The Kier molecular flexibility index (Phi) is 7.93. The molecule has 2 aromatic rings. The van der Waals surface area contributed by atoms with Crippen LogP contribution in [0.3, 0.4) is 0 Å². The third-order valence-electron chi connectivity index (χ3n) is 4.60. The number of ether oxygens (including phenoxy) is 3. The molecule has 0 aromatic heterocycles. The van der Waals surface area contributed by atoms with E-state index in [1.54, 1.807) is 25.3 Å². The highest BCUT2D eigenvalue weighted by atomic mass is 32.2. The van der Waals surface area contributed by atoms with Crippen LogP contribution in [-0.4, -0.2) is 48.5 Å². The van der Waals surface area contributed by atoms with Crippen molar-refractivity contribution in [3.8, 4) is 17.2 Å². The second kappa shape index (κ2) is 10.2. The van der Waals surface area contributed by atoms with Crippen molar-refractivity contribution in [3.63, 3.8) is 0 Å². The van der Waals surface area contributed by atoms with Crippen molar-refractivity contribution < 1.29 is 27.4 Å². The minimum absolute atomic E-state index is 0.258. The topological polar surface area (TPSA) is 94.2 Å². The molecule has 0 unspecified atom stereocenters. The molecule has 0 radical (unpaired) electrons. The Morgan fingerprint density at radius 3 is 2.10 bits per heavy atom. The van der Waals surface area contributed by atoms with E-state index in [-0.39, 0.29) is 24.0 Å². The lowest BCUT2D eigenvalue weighted by Gasteiger charge is -2.25. The zero-order valence-electron chi connectivity index (χ0n) is 17.8. The van der Waals surface area contributed by atoms with Gasteiger partial charge in [-0.15, -0.1) is 0 Å². The fourth-order valence-electron chi connectivity index (χ4n) is 3.00. The standard InChI is InChI=1S/C21H28N2O6S/c1-6-18(15-7-9-16(27-2)10-8-15)22-21(24)14-23(30(5,25)26)19-12-11-17(28-3)13-20(19)29-4/h7-13,18H,6,14H2,1-5H3,(H,22,24)/t18-/m0/s1. The van der Waals surface area contributed by atoms with E-state index in [9.17, 15) is 13.2 Å². The van der Waals surface area contributed by atoms with Crippen LogP contribution < -0.4 is 23.8 Å². The number of benzene rings is 2. The van der Waals surface area contributed by atoms with E-state index >= 15 is 0 Å². The van der Waals surface area contributed by atoms with E-state index in [0.717, 1.165) is 21.9 Å². The molecule has 0 saturated carbocycles. The molecule has 0 heterocycles. The number of nitrogens with zero attached hydrogens (tertiary/aromatic N) is 1. The van der Waals surface area contributed by atoms with Gasteiger partial charge in [-0.3, -0.25) is 9.10 Å². The number of hydrogen-bond donors (Lipinski definition) is 1. The Morgan fingerprint density at radius 2 is 1.60 bits per heavy atom. The molecule has 0 aliphatic carbocycles. The summed E-state index contributed by atoms with van der Waals surface area (Å²) in [6.45, 7) is 1.56. The summed E-state index contributed by atoms with van der Waals surface area (Å²) < 4.78 is 41.5. The summed E-state index contributed by atoms with van der Waals surface area (Å²) >= 11 is 0. The van der Waals surface area contributed by atoms with E-state index in [1.807, 2.05) is 31.2 Å². The van der Waals surface area contributed by atoms with Crippen molar-refractivity contribution in [2.45, 2.75) is 19.4 Å². The van der Waals surface area contributed by atoms with Crippen LogP contribution in [0.5, 0.6) is 17.2 Å². The highest BCUT2D eigenvalue weighted by Crippen LogP contribution is 2.33. The van der Waals surface area contributed by atoms with Crippen molar-refractivity contribution >= 4 is 21.6 Å². The Bertz CT molecular complexity index is 960. The first-order chi connectivity index (χ1) is 14.2. The molecule has 0 fully saturated rings. The molecule has 0 spiro atoms. The Morgan fingerprint density at radius 1 is 1.00 bits per heavy atom. The van der Waals surface area contributed by atoms with Gasteiger partial charge in [-0.1, -0.05) is 19.1 Å². The zero-order chi connectivity index (χ0) is 22.3. The molecule has 1 amide bonds. The number of hydrogen-bond acceptors (Lipinski definition) is 6. The minimum Gasteiger partial charge on any atom is -0.497 e. The van der Waals surface area contributed by atoms with E-state index < -0.39 is 15.9 Å². The fourth-order valence-corrected chi connectivity index (χ4v) is 3.86. The number of methoxy groups -OCH3 is 3. The molecular formula is C21H28N2O6S. The number of carbonyl (C=O) groups is 1. The van der Waals surface area contributed by atoms with Crippen molar-refractivity contribution in [3.05, 3.63) is 48.0 Å². The molecule has 1 N–H and O–H groups in total. The van der Waals surface area contributed by atoms with Crippen LogP contribution in [0.25, 0.3) is 0 Å². The molecule has 0 bridgehead atoms. The van der Waals surface area contributed by atoms with E-state index in [1.165, 1.54) is 14.2 Å². The van der Waals surface area contributed by atoms with Gasteiger partial charge in [0.25, 0.3) is 0 Å². The summed E-state index contributed by atoms with van der Waals surface area (Å²) in [5.74, 6) is 1.09. The number of carbonyl (C=O) groups excluding carboxylic acids is 1. The highest BCUT2D eigenvalue weighted by Gasteiger charge is 2.25. The molecule has 0 saturated heterocycles. The molecule has 8 nitrogen and oxygen atoms in total. The SMILES string of the molecule is CC[C@H](NC(=O)CN(c1ccc(OC)cc1OC)S(C)(=O)=O)c1ccc(OC)cc1. The Balaban J connectivity index is 2.25. The average Bonchev–Trinajstić information content (AvgIpc) is 2.74. The van der Waals surface area contributed by atoms with Crippen LogP contribution in [0.4, 0.5) is 5.69 Å². The average molecular weight is 437 g/mol. The monoisotopic (exact) mass is 436 g/mol. The largest absolute Gasteiger partial charge is 0.497 e. The predicted molar refractivity (Wildman–Crippen MR) is 116 cm³/mol. The first-order valence-electron chi connectivity index (χ1n) is 9.36. The lowest BCUT2D eigenvalue weighted by molar-refractivity contribution is -0.120. The van der Waals surface area contributed by atoms with Crippen LogP contribution in [0.2, 0.25) is 0 Å². The summed E-state index contributed by atoms with van der Waals surface area (Å²) in [7, 11) is 0.765. The van der Waals surface area contributed by atoms with Gasteiger partial charge in [0.15, 0.2) is 0 Å². The molecule has 164 valence electrons. The van der Waals surface area contributed by atoms with E-state index in [2.05, 4.69) is 5.32 Å². The highest BCUT2D eigenvalue weighted by molar-refractivity contribution is 7.92. The zero-order valence-corrected chi connectivity index (χ0v) is 18.7. The van der Waals surface area contributed by atoms with Gasteiger partial charge in [0.1, 0.15) is 23.8 Å². The first kappa shape index (κ1) is 23.3. The van der Waals surface area contributed by atoms with Gasteiger partial charge in [-0.2, -0.15) is 0 Å². The maximum Gasteiger partial charge on any atom is 0.241 e. The van der Waals surface area contributed by atoms with Crippen LogP contribution in [-0.2, 0) is 14.8 Å². The maximum absolute atomic E-state index is 12.8. The molecule has 0 aliphatic heterocycles. The van der Waals surface area contributed by atoms with E-state index in [4.69, 9.17) is 14.2 Å². The quantitative estimate of drug-likeness (QED) is 0.616. The van der Waals surface area contributed by atoms with E-state index in [0.29, 0.717) is 12.2 Å². The summed E-state index contributed by atoms with van der Waals surface area (Å²) in [6.07, 6.45) is 1.69. The summed E-state index contributed by atoms with van der Waals surface area (Å²) in [5.41, 5.74) is 1.16. The van der Waals surface area contributed by atoms with Gasteiger partial charge >= 0.3 is 0 Å². The third kappa shape index (κ3) is 5.79. The Hall–Kier alpha value is -2.94. The van der Waals surface area contributed by atoms with Gasteiger partial charge < -0.3 is 19.5 Å². The third-order valence-corrected chi connectivity index (χ3v) is 5.73. The molecule has 30 heavy (non-hydrogen) atoms. The molecule has 2 aromatic carbocycles. The second-order valence-electron chi connectivity index (χ2n) is 6.61. The fraction of sp³-hybridized carbons (Fsp3) is 0.381. The number of sulfonamides is 1. The van der Waals surface area contributed by atoms with Gasteiger partial charge in [0.2, 0.25) is 15.9 Å². The molecule has 0 aliphatic rings. The maximum atomic E-state index is 12.8. The van der Waals surface area contributed by atoms with Crippen LogP contribution >= 0.6 is 0 Å². The number of rotatable bonds is 10. The normalized spacial score (nSPS) is 12.0. The minimum atomic E-state index is -3.75. The Labute approximate surface area is 177 Å². The summed E-state index contributed by atoms with van der Waals surface area (Å²) in [5, 5.41) is 2.90. The number of anilines is 1. The number of nitrogens with one attached hydrogen (secondary N) is 1. The van der Waals surface area contributed by atoms with Crippen LogP contribution in [0.1, 0.15) is 24.9 Å². The van der Waals surface area contributed by atoms with Gasteiger partial charge in [-0.05, 0) is 36.2 Å². The molecular weight excluding hydrogens is 408 g/mol. The second-order valence-corrected chi connectivity index (χ2v) is 8.52. The van der Waals surface area contributed by atoms with Crippen molar-refractivity contribution in [1.82, 2.24) is 5.32 Å². The van der Waals surface area contributed by atoms with Crippen LogP contribution in [0, 0.1) is 0 Å². The smallest absolute Gasteiger partial charge is 0.241 e. The summed E-state index contributed by atoms with van der Waals surface area (Å²) in [6, 6.07) is 11.8. The first-order valence-corrected chi connectivity index (χ1v) is 11.2.